The van der Waals surface area contributed by atoms with E-state index in [1.54, 1.807) is 24.3 Å². The number of rotatable bonds is 6. The Hall–Kier alpha value is -1.41. The normalized spacial score (nSPS) is 16.1. The second kappa shape index (κ2) is 9.39. The van der Waals surface area contributed by atoms with Gasteiger partial charge in [0.05, 0.1) is 5.75 Å². The molecule has 0 aliphatic carbocycles. The zero-order valence-corrected chi connectivity index (χ0v) is 18.4. The first-order chi connectivity index (χ1) is 13.3. The number of benzene rings is 2. The number of sulfonamides is 1. The van der Waals surface area contributed by atoms with Crippen LogP contribution in [0.4, 0.5) is 0 Å². The fraction of sp³-hybridized carbons (Fsp3) is 0.350. The Morgan fingerprint density at radius 2 is 1.61 bits per heavy atom. The lowest BCUT2D eigenvalue weighted by atomic mass is 9.97. The molecule has 28 heavy (non-hydrogen) atoms. The van der Waals surface area contributed by atoms with E-state index in [1.807, 2.05) is 24.3 Å². The van der Waals surface area contributed by atoms with Crippen molar-refractivity contribution in [3.05, 3.63) is 69.2 Å². The average Bonchev–Trinajstić information content (AvgIpc) is 2.69. The Balaban J connectivity index is 1.49. The Morgan fingerprint density at radius 3 is 2.21 bits per heavy atom. The molecule has 1 saturated heterocycles. The van der Waals surface area contributed by atoms with Crippen LogP contribution in [-0.4, -0.2) is 31.7 Å². The second-order valence-corrected chi connectivity index (χ2v) is 10.2. The number of nitrogens with one attached hydrogen (secondary N) is 1. The van der Waals surface area contributed by atoms with Gasteiger partial charge in [-0.25, -0.2) is 12.7 Å². The van der Waals surface area contributed by atoms with Gasteiger partial charge in [0.1, 0.15) is 0 Å². The largest absolute Gasteiger partial charge is 0.352 e. The lowest BCUT2D eigenvalue weighted by Crippen LogP contribution is -2.43. The lowest BCUT2D eigenvalue weighted by molar-refractivity contribution is -0.126. The average molecular weight is 486 g/mol. The number of amides is 1. The van der Waals surface area contributed by atoms with Gasteiger partial charge in [-0.3, -0.25) is 4.79 Å². The summed E-state index contributed by atoms with van der Waals surface area (Å²) in [7, 11) is -3.38. The number of hydrogen-bond donors (Lipinski definition) is 1. The fourth-order valence-corrected chi connectivity index (χ4v) is 5.17. The number of piperidine rings is 1. The Labute approximate surface area is 179 Å². The molecule has 0 bridgehead atoms. The van der Waals surface area contributed by atoms with Crippen LogP contribution in [0.2, 0.25) is 5.02 Å². The van der Waals surface area contributed by atoms with Gasteiger partial charge in [0.15, 0.2) is 0 Å². The maximum Gasteiger partial charge on any atom is 0.223 e. The van der Waals surface area contributed by atoms with Crippen molar-refractivity contribution in [2.45, 2.75) is 25.1 Å². The first-order valence-corrected chi connectivity index (χ1v) is 11.9. The van der Waals surface area contributed by atoms with Gasteiger partial charge in [-0.2, -0.15) is 0 Å². The van der Waals surface area contributed by atoms with E-state index in [4.69, 9.17) is 11.6 Å². The summed E-state index contributed by atoms with van der Waals surface area (Å²) < 4.78 is 27.7. The Kier molecular flexibility index (Phi) is 7.15. The monoisotopic (exact) mass is 484 g/mol. The third-order valence-corrected chi connectivity index (χ3v) is 7.49. The van der Waals surface area contributed by atoms with Crippen LogP contribution in [0.25, 0.3) is 0 Å². The molecule has 2 aromatic rings. The van der Waals surface area contributed by atoms with Gasteiger partial charge in [-0.15, -0.1) is 0 Å². The van der Waals surface area contributed by atoms with E-state index in [9.17, 15) is 13.2 Å². The molecule has 1 fully saturated rings. The summed E-state index contributed by atoms with van der Waals surface area (Å²) in [6, 6.07) is 14.6. The van der Waals surface area contributed by atoms with E-state index < -0.39 is 10.0 Å². The quantitative estimate of drug-likeness (QED) is 0.673. The first-order valence-electron chi connectivity index (χ1n) is 9.08. The highest BCUT2D eigenvalue weighted by Crippen LogP contribution is 2.22. The van der Waals surface area contributed by atoms with Crippen LogP contribution >= 0.6 is 27.5 Å². The molecule has 1 amide bonds. The van der Waals surface area contributed by atoms with E-state index in [0.717, 1.165) is 15.6 Å². The molecule has 0 saturated carbocycles. The van der Waals surface area contributed by atoms with Crippen molar-refractivity contribution in [2.24, 2.45) is 5.92 Å². The number of hydrogen-bond acceptors (Lipinski definition) is 3. The molecule has 0 atom stereocenters. The number of carbonyl (C=O) groups is 1. The maximum absolute atomic E-state index is 12.7. The van der Waals surface area contributed by atoms with Crippen molar-refractivity contribution in [1.82, 2.24) is 9.62 Å². The highest BCUT2D eigenvalue weighted by atomic mass is 79.9. The number of halogens is 2. The van der Waals surface area contributed by atoms with Crippen LogP contribution in [0.3, 0.4) is 0 Å². The van der Waals surface area contributed by atoms with Gasteiger partial charge in [0.25, 0.3) is 0 Å². The van der Waals surface area contributed by atoms with Crippen LogP contribution in [0.5, 0.6) is 0 Å². The van der Waals surface area contributed by atoms with Gasteiger partial charge in [0.2, 0.25) is 15.9 Å². The van der Waals surface area contributed by atoms with E-state index in [0.29, 0.717) is 37.5 Å². The van der Waals surface area contributed by atoms with E-state index in [1.165, 1.54) is 4.31 Å². The van der Waals surface area contributed by atoms with Crippen LogP contribution in [0.1, 0.15) is 24.0 Å². The standard InChI is InChI=1S/C20H22BrClN2O3S/c21-18-5-1-16(2-6-18)14-28(26,27)24-11-9-17(10-12-24)20(25)23-13-15-3-7-19(22)8-4-15/h1-8,17H,9-14H2,(H,23,25). The van der Waals surface area contributed by atoms with Crippen molar-refractivity contribution in [1.29, 1.82) is 0 Å². The molecule has 8 heteroatoms. The molecule has 0 radical (unpaired) electrons. The number of carbonyl (C=O) groups excluding carboxylic acids is 1. The Morgan fingerprint density at radius 1 is 1.04 bits per heavy atom. The molecule has 150 valence electrons. The molecule has 1 heterocycles. The van der Waals surface area contributed by atoms with Gasteiger partial charge >= 0.3 is 0 Å². The smallest absolute Gasteiger partial charge is 0.223 e. The molecule has 0 unspecified atom stereocenters. The minimum atomic E-state index is -3.38. The van der Waals surface area contributed by atoms with Crippen molar-refractivity contribution < 1.29 is 13.2 Å². The molecule has 0 spiro atoms. The molecular weight excluding hydrogens is 464 g/mol. The topological polar surface area (TPSA) is 66.5 Å². The molecule has 3 rings (SSSR count). The molecule has 5 nitrogen and oxygen atoms in total. The summed E-state index contributed by atoms with van der Waals surface area (Å²) in [6.07, 6.45) is 1.07. The summed E-state index contributed by atoms with van der Waals surface area (Å²) >= 11 is 9.21. The van der Waals surface area contributed by atoms with Crippen LogP contribution < -0.4 is 5.32 Å². The van der Waals surface area contributed by atoms with E-state index in [-0.39, 0.29) is 17.6 Å². The molecule has 2 aromatic carbocycles. The highest BCUT2D eigenvalue weighted by Gasteiger charge is 2.31. The zero-order chi connectivity index (χ0) is 20.1. The molecular formula is C20H22BrClN2O3S. The van der Waals surface area contributed by atoms with Crippen LogP contribution in [-0.2, 0) is 27.1 Å². The minimum absolute atomic E-state index is 0.0201. The molecule has 1 N–H and O–H groups in total. The summed E-state index contributed by atoms with van der Waals surface area (Å²) in [5.41, 5.74) is 1.73. The van der Waals surface area contributed by atoms with Gasteiger partial charge in [-0.05, 0) is 48.2 Å². The summed E-state index contributed by atoms with van der Waals surface area (Å²) in [6.45, 7) is 1.19. The molecule has 1 aliphatic heterocycles. The minimum Gasteiger partial charge on any atom is -0.352 e. The van der Waals surface area contributed by atoms with Crippen LogP contribution in [0, 0.1) is 5.92 Å². The third-order valence-electron chi connectivity index (χ3n) is 4.86. The maximum atomic E-state index is 12.7. The van der Waals surface area contributed by atoms with Crippen molar-refractivity contribution in [3.63, 3.8) is 0 Å². The molecule has 1 aliphatic rings. The zero-order valence-electron chi connectivity index (χ0n) is 15.3. The van der Waals surface area contributed by atoms with Gasteiger partial charge in [-0.1, -0.05) is 51.8 Å². The van der Waals surface area contributed by atoms with Crippen molar-refractivity contribution in [3.8, 4) is 0 Å². The Bertz CT molecular complexity index is 909. The summed E-state index contributed by atoms with van der Waals surface area (Å²) in [5, 5.41) is 3.59. The second-order valence-electron chi connectivity index (χ2n) is 6.90. The lowest BCUT2D eigenvalue weighted by Gasteiger charge is -2.30. The molecule has 0 aromatic heterocycles. The summed E-state index contributed by atoms with van der Waals surface area (Å²) in [5.74, 6) is -0.209. The van der Waals surface area contributed by atoms with Crippen LogP contribution in [0.15, 0.2) is 53.0 Å². The first kappa shape index (κ1) is 21.3. The van der Waals surface area contributed by atoms with E-state index in [2.05, 4.69) is 21.2 Å². The third kappa shape index (κ3) is 5.80. The summed E-state index contributed by atoms with van der Waals surface area (Å²) in [4.78, 5) is 12.4. The van der Waals surface area contributed by atoms with E-state index >= 15 is 0 Å². The predicted molar refractivity (Wildman–Crippen MR) is 114 cm³/mol. The number of nitrogens with zero attached hydrogens (tertiary/aromatic N) is 1. The van der Waals surface area contributed by atoms with Gasteiger partial charge in [0, 0.05) is 35.0 Å². The van der Waals surface area contributed by atoms with Crippen molar-refractivity contribution >= 4 is 43.5 Å². The fourth-order valence-electron chi connectivity index (χ4n) is 3.21. The highest BCUT2D eigenvalue weighted by molar-refractivity contribution is 9.10. The predicted octanol–water partition coefficient (Wildman–Crippen LogP) is 3.96. The van der Waals surface area contributed by atoms with Gasteiger partial charge < -0.3 is 5.32 Å². The SMILES string of the molecule is O=C(NCc1ccc(Cl)cc1)C1CCN(S(=O)(=O)Cc2ccc(Br)cc2)CC1. The van der Waals surface area contributed by atoms with Crippen molar-refractivity contribution in [2.75, 3.05) is 13.1 Å².